The molecule has 40 heavy (non-hydrogen) atoms. The molecule has 0 aromatic carbocycles. The first kappa shape index (κ1) is 27.1. The van der Waals surface area contributed by atoms with Gasteiger partial charge < -0.3 is 20.1 Å². The van der Waals surface area contributed by atoms with Crippen LogP contribution in [0.1, 0.15) is 55.2 Å². The number of anilines is 1. The standard InChI is InChI=1S/C30H33N7O3/c1-20-24(6-5-11-32-20)28(38)35-30(4)9-12-36(13-10-30)26-8-7-21(16-33-26)25-14-23(40-19-29(2,3)39)18-37-27(25)22(15-31)17-34-37/h5-8,11,14,16-18,39H,9-10,12-13,19H2,1-4H3,(H,35,38). The molecule has 4 aromatic heterocycles. The number of hydrogen-bond acceptors (Lipinski definition) is 8. The first-order chi connectivity index (χ1) is 19.0. The SMILES string of the molecule is Cc1ncccc1C(=O)NC1(C)CCN(c2ccc(-c3cc(OCC(C)(C)O)cn4ncc(C#N)c34)cn2)CC1. The monoisotopic (exact) mass is 539 g/mol. The minimum Gasteiger partial charge on any atom is -0.489 e. The molecule has 0 unspecified atom stereocenters. The lowest BCUT2D eigenvalue weighted by molar-refractivity contribution is 0.0283. The van der Waals surface area contributed by atoms with Gasteiger partial charge in [0.15, 0.2) is 0 Å². The van der Waals surface area contributed by atoms with Crippen LogP contribution in [0.15, 0.2) is 55.1 Å². The number of aliphatic hydroxyl groups is 1. The number of hydrogen-bond donors (Lipinski definition) is 2. The topological polar surface area (TPSA) is 129 Å². The van der Waals surface area contributed by atoms with E-state index in [4.69, 9.17) is 9.72 Å². The molecule has 1 aliphatic heterocycles. The summed E-state index contributed by atoms with van der Waals surface area (Å²) >= 11 is 0. The molecule has 0 saturated carbocycles. The van der Waals surface area contributed by atoms with Crippen molar-refractivity contribution in [1.29, 1.82) is 5.26 Å². The Hall–Kier alpha value is -4.49. The Morgan fingerprint density at radius 1 is 1.23 bits per heavy atom. The number of aromatic nitrogens is 4. The van der Waals surface area contributed by atoms with E-state index in [1.54, 1.807) is 49.1 Å². The first-order valence-electron chi connectivity index (χ1n) is 13.3. The van der Waals surface area contributed by atoms with Gasteiger partial charge in [-0.25, -0.2) is 9.50 Å². The van der Waals surface area contributed by atoms with E-state index >= 15 is 0 Å². The molecule has 5 heterocycles. The van der Waals surface area contributed by atoms with Gasteiger partial charge in [-0.15, -0.1) is 0 Å². The van der Waals surface area contributed by atoms with Gasteiger partial charge in [-0.2, -0.15) is 10.4 Å². The third kappa shape index (κ3) is 5.75. The molecule has 1 aliphatic rings. The number of ether oxygens (including phenoxy) is 1. The van der Waals surface area contributed by atoms with Gasteiger partial charge in [0.1, 0.15) is 24.2 Å². The summed E-state index contributed by atoms with van der Waals surface area (Å²) in [7, 11) is 0. The molecule has 10 heteroatoms. The van der Waals surface area contributed by atoms with Crippen LogP contribution in [-0.2, 0) is 0 Å². The van der Waals surface area contributed by atoms with Gasteiger partial charge in [0.25, 0.3) is 5.91 Å². The maximum Gasteiger partial charge on any atom is 0.253 e. The molecule has 2 N–H and O–H groups in total. The zero-order chi connectivity index (χ0) is 28.5. The maximum atomic E-state index is 12.9. The molecule has 0 aliphatic carbocycles. The van der Waals surface area contributed by atoms with Crippen LogP contribution < -0.4 is 15.0 Å². The number of fused-ring (bicyclic) bond motifs is 1. The number of amides is 1. The number of nitriles is 1. The zero-order valence-electron chi connectivity index (χ0n) is 23.2. The Bertz CT molecular complexity index is 1570. The average molecular weight is 540 g/mol. The van der Waals surface area contributed by atoms with Crippen LogP contribution in [-0.4, -0.2) is 61.4 Å². The summed E-state index contributed by atoms with van der Waals surface area (Å²) in [5.41, 5.74) is 2.71. The lowest BCUT2D eigenvalue weighted by Gasteiger charge is -2.40. The third-order valence-corrected chi connectivity index (χ3v) is 7.22. The molecule has 1 saturated heterocycles. The largest absolute Gasteiger partial charge is 0.489 e. The van der Waals surface area contributed by atoms with Gasteiger partial charge >= 0.3 is 0 Å². The smallest absolute Gasteiger partial charge is 0.253 e. The lowest BCUT2D eigenvalue weighted by atomic mass is 9.89. The van der Waals surface area contributed by atoms with Crippen LogP contribution in [0.25, 0.3) is 16.6 Å². The number of carbonyl (C=O) groups is 1. The van der Waals surface area contributed by atoms with Crippen molar-refractivity contribution in [3.05, 3.63) is 71.9 Å². The summed E-state index contributed by atoms with van der Waals surface area (Å²) < 4.78 is 7.45. The highest BCUT2D eigenvalue weighted by Crippen LogP contribution is 2.32. The predicted octanol–water partition coefficient (Wildman–Crippen LogP) is 3.91. The summed E-state index contributed by atoms with van der Waals surface area (Å²) in [5, 5.41) is 27.3. The van der Waals surface area contributed by atoms with Crippen LogP contribution in [0.3, 0.4) is 0 Å². The van der Waals surface area contributed by atoms with Crippen molar-refractivity contribution in [3.63, 3.8) is 0 Å². The molecule has 0 radical (unpaired) electrons. The van der Waals surface area contributed by atoms with Gasteiger partial charge in [0, 0.05) is 47.8 Å². The van der Waals surface area contributed by atoms with Gasteiger partial charge in [0.05, 0.1) is 34.6 Å². The predicted molar refractivity (Wildman–Crippen MR) is 151 cm³/mol. The second-order valence-electron chi connectivity index (χ2n) is 11.2. The summed E-state index contributed by atoms with van der Waals surface area (Å²) in [6.07, 6.45) is 8.27. The fourth-order valence-corrected chi connectivity index (χ4v) is 4.89. The summed E-state index contributed by atoms with van der Waals surface area (Å²) in [5.74, 6) is 1.28. The second-order valence-corrected chi connectivity index (χ2v) is 11.2. The molecule has 4 aromatic rings. The van der Waals surface area contributed by atoms with E-state index < -0.39 is 5.60 Å². The molecule has 206 valence electrons. The van der Waals surface area contributed by atoms with Crippen LogP contribution >= 0.6 is 0 Å². The highest BCUT2D eigenvalue weighted by molar-refractivity contribution is 5.95. The fraction of sp³-hybridized carbons (Fsp3) is 0.367. The minimum atomic E-state index is -0.995. The van der Waals surface area contributed by atoms with Crippen LogP contribution in [0.5, 0.6) is 5.75 Å². The average Bonchev–Trinajstić information content (AvgIpc) is 3.35. The number of nitrogens with one attached hydrogen (secondary N) is 1. The van der Waals surface area contributed by atoms with E-state index in [1.807, 2.05) is 25.1 Å². The van der Waals surface area contributed by atoms with Crippen molar-refractivity contribution in [2.75, 3.05) is 24.6 Å². The van der Waals surface area contributed by atoms with Crippen molar-refractivity contribution < 1.29 is 14.6 Å². The molecule has 0 spiro atoms. The van der Waals surface area contributed by atoms with E-state index in [9.17, 15) is 15.2 Å². The number of carbonyl (C=O) groups excluding carboxylic acids is 1. The van der Waals surface area contributed by atoms with Crippen LogP contribution in [0.4, 0.5) is 5.82 Å². The number of pyridine rings is 3. The number of aryl methyl sites for hydroxylation is 1. The molecule has 0 bridgehead atoms. The van der Waals surface area contributed by atoms with Crippen molar-refractivity contribution in [1.82, 2.24) is 24.9 Å². The van der Waals surface area contributed by atoms with E-state index in [-0.39, 0.29) is 18.1 Å². The lowest BCUT2D eigenvalue weighted by Crippen LogP contribution is -2.53. The molecule has 10 nitrogen and oxygen atoms in total. The fourth-order valence-electron chi connectivity index (χ4n) is 4.89. The van der Waals surface area contributed by atoms with Crippen molar-refractivity contribution in [2.24, 2.45) is 0 Å². The molecular weight excluding hydrogens is 506 g/mol. The molecule has 1 fully saturated rings. The molecule has 5 rings (SSSR count). The van der Waals surface area contributed by atoms with Gasteiger partial charge in [-0.05, 0) is 70.9 Å². The summed E-state index contributed by atoms with van der Waals surface area (Å²) in [6, 6.07) is 11.6. The van der Waals surface area contributed by atoms with E-state index in [2.05, 4.69) is 33.3 Å². The normalized spacial score (nSPS) is 15.1. The molecular formula is C30H33N7O3. The van der Waals surface area contributed by atoms with E-state index in [0.29, 0.717) is 22.4 Å². The summed E-state index contributed by atoms with van der Waals surface area (Å²) in [6.45, 7) is 8.89. The Morgan fingerprint density at radius 2 is 2.00 bits per heavy atom. The summed E-state index contributed by atoms with van der Waals surface area (Å²) in [4.78, 5) is 24.1. The molecule has 1 amide bonds. The Labute approximate surface area is 233 Å². The van der Waals surface area contributed by atoms with Crippen molar-refractivity contribution >= 4 is 17.2 Å². The first-order valence-corrected chi connectivity index (χ1v) is 13.3. The zero-order valence-corrected chi connectivity index (χ0v) is 23.2. The Morgan fingerprint density at radius 3 is 2.65 bits per heavy atom. The maximum absolute atomic E-state index is 12.9. The highest BCUT2D eigenvalue weighted by atomic mass is 16.5. The third-order valence-electron chi connectivity index (χ3n) is 7.22. The number of piperidine rings is 1. The molecule has 0 atom stereocenters. The Kier molecular flexibility index (Phi) is 7.17. The van der Waals surface area contributed by atoms with Crippen molar-refractivity contribution in [2.45, 2.75) is 51.7 Å². The quantitative estimate of drug-likeness (QED) is 0.362. The Balaban J connectivity index is 1.32. The number of nitrogens with zero attached hydrogens (tertiary/aromatic N) is 6. The van der Waals surface area contributed by atoms with E-state index in [1.165, 1.54) is 6.20 Å². The van der Waals surface area contributed by atoms with Crippen LogP contribution in [0, 0.1) is 18.3 Å². The van der Waals surface area contributed by atoms with Gasteiger partial charge in [-0.1, -0.05) is 0 Å². The van der Waals surface area contributed by atoms with Crippen LogP contribution in [0.2, 0.25) is 0 Å². The highest BCUT2D eigenvalue weighted by Gasteiger charge is 2.32. The number of rotatable bonds is 7. The van der Waals surface area contributed by atoms with E-state index in [0.717, 1.165) is 48.6 Å². The van der Waals surface area contributed by atoms with Gasteiger partial charge in [0.2, 0.25) is 0 Å². The van der Waals surface area contributed by atoms with Gasteiger partial charge in [-0.3, -0.25) is 9.78 Å². The minimum absolute atomic E-state index is 0.0966. The second kappa shape index (κ2) is 10.6. The van der Waals surface area contributed by atoms with Crippen molar-refractivity contribution in [3.8, 4) is 22.9 Å².